The number of para-hydroxylation sites is 1. The van der Waals surface area contributed by atoms with Crippen molar-refractivity contribution in [2.24, 2.45) is 0 Å². The summed E-state index contributed by atoms with van der Waals surface area (Å²) in [6.45, 7) is 9.32. The van der Waals surface area contributed by atoms with Crippen LogP contribution in [0.2, 0.25) is 0 Å². The minimum absolute atomic E-state index is 0.0288. The molecule has 25 heavy (non-hydrogen) atoms. The van der Waals surface area contributed by atoms with Crippen molar-refractivity contribution in [3.8, 4) is 5.75 Å². The standard InChI is InChI=1S/C20H26N2O3/c1-5-17-18(15(4)25-21-17)20(23)22-11-9-16(10-12-22)24-19-13(2)7-6-8-14(19)3/h6-8,16H,5,9-12H2,1-4H3. The van der Waals surface area contributed by atoms with Crippen LogP contribution in [-0.2, 0) is 6.42 Å². The van der Waals surface area contributed by atoms with Gasteiger partial charge in [-0.05, 0) is 38.3 Å². The molecule has 0 radical (unpaired) electrons. The molecule has 5 nitrogen and oxygen atoms in total. The van der Waals surface area contributed by atoms with Gasteiger partial charge in [0.2, 0.25) is 0 Å². The predicted octanol–water partition coefficient (Wildman–Crippen LogP) is 3.85. The Labute approximate surface area is 148 Å². The van der Waals surface area contributed by atoms with Gasteiger partial charge < -0.3 is 14.2 Å². The van der Waals surface area contributed by atoms with Crippen LogP contribution < -0.4 is 4.74 Å². The quantitative estimate of drug-likeness (QED) is 0.847. The van der Waals surface area contributed by atoms with Crippen LogP contribution in [0.15, 0.2) is 22.7 Å². The Bertz CT molecular complexity index is 738. The maximum Gasteiger partial charge on any atom is 0.259 e. The van der Waals surface area contributed by atoms with Crippen molar-refractivity contribution in [2.45, 2.75) is 53.1 Å². The molecule has 5 heteroatoms. The maximum absolute atomic E-state index is 12.8. The molecule has 2 aromatic rings. The lowest BCUT2D eigenvalue weighted by molar-refractivity contribution is 0.0590. The molecule has 1 aromatic heterocycles. The summed E-state index contributed by atoms with van der Waals surface area (Å²) in [5.74, 6) is 1.62. The number of hydrogen-bond donors (Lipinski definition) is 0. The van der Waals surface area contributed by atoms with E-state index in [1.54, 1.807) is 6.92 Å². The number of nitrogens with zero attached hydrogens (tertiary/aromatic N) is 2. The van der Waals surface area contributed by atoms with E-state index in [4.69, 9.17) is 9.26 Å². The van der Waals surface area contributed by atoms with Crippen LogP contribution in [0.5, 0.6) is 5.75 Å². The fourth-order valence-corrected chi connectivity index (χ4v) is 3.42. The number of carbonyl (C=O) groups is 1. The molecule has 1 aliphatic rings. The van der Waals surface area contributed by atoms with Crippen LogP contribution in [0.3, 0.4) is 0 Å². The number of benzene rings is 1. The number of likely N-dealkylation sites (tertiary alicyclic amines) is 1. The number of rotatable bonds is 4. The average Bonchev–Trinajstić information content (AvgIpc) is 2.99. The van der Waals surface area contributed by atoms with Crippen molar-refractivity contribution < 1.29 is 14.1 Å². The number of carbonyl (C=O) groups excluding carboxylic acids is 1. The Morgan fingerprint density at radius 2 is 1.88 bits per heavy atom. The van der Waals surface area contributed by atoms with Crippen molar-refractivity contribution in [3.63, 3.8) is 0 Å². The van der Waals surface area contributed by atoms with Crippen molar-refractivity contribution in [1.29, 1.82) is 0 Å². The van der Waals surface area contributed by atoms with Gasteiger partial charge in [0.25, 0.3) is 5.91 Å². The summed E-state index contributed by atoms with van der Waals surface area (Å²) in [5.41, 5.74) is 3.70. The summed E-state index contributed by atoms with van der Waals surface area (Å²) in [6.07, 6.45) is 2.53. The highest BCUT2D eigenvalue weighted by Crippen LogP contribution is 2.27. The molecule has 134 valence electrons. The van der Waals surface area contributed by atoms with Crippen LogP contribution >= 0.6 is 0 Å². The number of hydrogen-bond acceptors (Lipinski definition) is 4. The van der Waals surface area contributed by atoms with Gasteiger partial charge in [0.05, 0.1) is 5.69 Å². The van der Waals surface area contributed by atoms with E-state index in [9.17, 15) is 4.79 Å². The molecule has 0 aliphatic carbocycles. The maximum atomic E-state index is 12.8. The van der Waals surface area contributed by atoms with Crippen molar-refractivity contribution in [2.75, 3.05) is 13.1 Å². The van der Waals surface area contributed by atoms with Crippen LogP contribution in [0, 0.1) is 20.8 Å². The Kier molecular flexibility index (Phi) is 5.11. The van der Waals surface area contributed by atoms with Gasteiger partial charge in [-0.15, -0.1) is 0 Å². The molecular formula is C20H26N2O3. The first-order valence-electron chi connectivity index (χ1n) is 8.98. The predicted molar refractivity (Wildman–Crippen MR) is 96.1 cm³/mol. The molecule has 1 saturated heterocycles. The molecular weight excluding hydrogens is 316 g/mol. The molecule has 1 aliphatic heterocycles. The van der Waals surface area contributed by atoms with Gasteiger partial charge in [-0.1, -0.05) is 30.3 Å². The molecule has 1 aromatic carbocycles. The van der Waals surface area contributed by atoms with Gasteiger partial charge in [0.15, 0.2) is 0 Å². The third-order valence-electron chi connectivity index (χ3n) is 4.90. The molecule has 0 N–H and O–H groups in total. The van der Waals surface area contributed by atoms with Gasteiger partial charge in [-0.25, -0.2) is 0 Å². The molecule has 0 bridgehead atoms. The third kappa shape index (κ3) is 3.55. The van der Waals surface area contributed by atoms with Crippen LogP contribution in [0.1, 0.15) is 52.7 Å². The SMILES string of the molecule is CCc1noc(C)c1C(=O)N1CCC(Oc2c(C)cccc2C)CC1. The van der Waals surface area contributed by atoms with E-state index in [1.165, 1.54) is 0 Å². The number of ether oxygens (including phenoxy) is 1. The molecule has 1 amide bonds. The molecule has 1 fully saturated rings. The largest absolute Gasteiger partial charge is 0.490 e. The van der Waals surface area contributed by atoms with E-state index in [0.717, 1.165) is 35.4 Å². The first-order valence-corrected chi connectivity index (χ1v) is 8.98. The van der Waals surface area contributed by atoms with E-state index < -0.39 is 0 Å². The summed E-state index contributed by atoms with van der Waals surface area (Å²) in [5, 5.41) is 3.99. The smallest absolute Gasteiger partial charge is 0.259 e. The lowest BCUT2D eigenvalue weighted by Crippen LogP contribution is -2.42. The van der Waals surface area contributed by atoms with E-state index in [-0.39, 0.29) is 12.0 Å². The van der Waals surface area contributed by atoms with Gasteiger partial charge in [-0.3, -0.25) is 4.79 Å². The van der Waals surface area contributed by atoms with Crippen LogP contribution in [-0.4, -0.2) is 35.2 Å². The fraction of sp³-hybridized carbons (Fsp3) is 0.500. The summed E-state index contributed by atoms with van der Waals surface area (Å²) < 4.78 is 11.4. The van der Waals surface area contributed by atoms with Crippen molar-refractivity contribution >= 4 is 5.91 Å². The van der Waals surface area contributed by atoms with Gasteiger partial charge >= 0.3 is 0 Å². The molecule has 0 atom stereocenters. The van der Waals surface area contributed by atoms with Crippen molar-refractivity contribution in [1.82, 2.24) is 10.1 Å². The topological polar surface area (TPSA) is 55.6 Å². The minimum Gasteiger partial charge on any atom is -0.490 e. The molecule has 0 spiro atoms. The second-order valence-electron chi connectivity index (χ2n) is 6.74. The van der Waals surface area contributed by atoms with Gasteiger partial charge in [0.1, 0.15) is 23.2 Å². The lowest BCUT2D eigenvalue weighted by atomic mass is 10.0. The van der Waals surface area contributed by atoms with E-state index in [1.807, 2.05) is 17.9 Å². The van der Waals surface area contributed by atoms with Gasteiger partial charge in [0, 0.05) is 25.9 Å². The highest BCUT2D eigenvalue weighted by atomic mass is 16.5. The first-order chi connectivity index (χ1) is 12.0. The minimum atomic E-state index is 0.0288. The highest BCUT2D eigenvalue weighted by Gasteiger charge is 2.29. The van der Waals surface area contributed by atoms with Crippen LogP contribution in [0.4, 0.5) is 0 Å². The Morgan fingerprint density at radius 3 is 2.48 bits per heavy atom. The van der Waals surface area contributed by atoms with Gasteiger partial charge in [-0.2, -0.15) is 0 Å². The van der Waals surface area contributed by atoms with E-state index in [2.05, 4.69) is 31.1 Å². The molecule has 2 heterocycles. The molecule has 3 rings (SSSR count). The number of aromatic nitrogens is 1. The summed E-state index contributed by atoms with van der Waals surface area (Å²) in [7, 11) is 0. The zero-order valence-corrected chi connectivity index (χ0v) is 15.5. The highest BCUT2D eigenvalue weighted by molar-refractivity contribution is 5.96. The Balaban J connectivity index is 1.64. The second kappa shape index (κ2) is 7.30. The zero-order valence-electron chi connectivity index (χ0n) is 15.5. The Hall–Kier alpha value is -2.30. The number of piperidine rings is 1. The monoisotopic (exact) mass is 342 g/mol. The average molecular weight is 342 g/mol. The fourth-order valence-electron chi connectivity index (χ4n) is 3.42. The van der Waals surface area contributed by atoms with Crippen molar-refractivity contribution in [3.05, 3.63) is 46.3 Å². The molecule has 0 unspecified atom stereocenters. The zero-order chi connectivity index (χ0) is 18.0. The van der Waals surface area contributed by atoms with E-state index >= 15 is 0 Å². The number of amides is 1. The lowest BCUT2D eigenvalue weighted by Gasteiger charge is -2.32. The normalized spacial score (nSPS) is 15.4. The third-order valence-corrected chi connectivity index (χ3v) is 4.90. The summed E-state index contributed by atoms with van der Waals surface area (Å²) >= 11 is 0. The second-order valence-corrected chi connectivity index (χ2v) is 6.74. The summed E-state index contributed by atoms with van der Waals surface area (Å²) in [4.78, 5) is 14.7. The Morgan fingerprint density at radius 1 is 1.24 bits per heavy atom. The van der Waals surface area contributed by atoms with Crippen LogP contribution in [0.25, 0.3) is 0 Å². The molecule has 0 saturated carbocycles. The van der Waals surface area contributed by atoms with E-state index in [0.29, 0.717) is 30.8 Å². The summed E-state index contributed by atoms with van der Waals surface area (Å²) in [6, 6.07) is 6.19. The first kappa shape index (κ1) is 17.5. The number of aryl methyl sites for hydroxylation is 4.